The SMILES string of the molecule is NC1CCC(Nc2ccc3ncc(Cc4ccc(O)cc4)n3n2)CC1. The Bertz CT molecular complexity index is 850. The van der Waals surface area contributed by atoms with Crippen LogP contribution >= 0.6 is 0 Å². The number of hydrogen-bond acceptors (Lipinski definition) is 5. The summed E-state index contributed by atoms with van der Waals surface area (Å²) in [4.78, 5) is 4.44. The van der Waals surface area contributed by atoms with E-state index in [1.165, 1.54) is 0 Å². The number of phenolic OH excluding ortho intramolecular Hbond substituents is 1. The molecule has 0 atom stereocenters. The zero-order valence-corrected chi connectivity index (χ0v) is 14.1. The molecule has 0 amide bonds. The van der Waals surface area contributed by atoms with Gasteiger partial charge in [-0.2, -0.15) is 0 Å². The standard InChI is InChI=1S/C19H23N5O/c20-14-3-5-15(6-4-14)22-18-9-10-19-21-12-16(24(19)23-18)11-13-1-7-17(25)8-2-13/h1-2,7-10,12,14-15,25H,3-6,11,20H2,(H,22,23). The molecule has 6 heteroatoms. The average molecular weight is 337 g/mol. The topological polar surface area (TPSA) is 88.5 Å². The van der Waals surface area contributed by atoms with Gasteiger partial charge in [0.1, 0.15) is 11.6 Å². The Hall–Kier alpha value is -2.60. The van der Waals surface area contributed by atoms with E-state index in [1.807, 2.05) is 35.0 Å². The number of nitrogens with two attached hydrogens (primary N) is 1. The number of imidazole rings is 1. The van der Waals surface area contributed by atoms with E-state index in [2.05, 4.69) is 10.3 Å². The molecule has 1 aliphatic rings. The molecule has 1 aromatic carbocycles. The molecule has 0 spiro atoms. The Labute approximate surface area is 146 Å². The maximum Gasteiger partial charge on any atom is 0.153 e. The first-order chi connectivity index (χ1) is 12.2. The number of aromatic nitrogens is 3. The average Bonchev–Trinajstić information content (AvgIpc) is 3.01. The van der Waals surface area contributed by atoms with Crippen molar-refractivity contribution in [2.24, 2.45) is 5.73 Å². The first-order valence-electron chi connectivity index (χ1n) is 8.81. The van der Waals surface area contributed by atoms with Gasteiger partial charge < -0.3 is 16.2 Å². The Morgan fingerprint density at radius 1 is 1.08 bits per heavy atom. The normalized spacial score (nSPS) is 20.7. The molecule has 1 aliphatic carbocycles. The number of fused-ring (bicyclic) bond motifs is 1. The molecule has 130 valence electrons. The minimum absolute atomic E-state index is 0.277. The fourth-order valence-corrected chi connectivity index (χ4v) is 3.41. The van der Waals surface area contributed by atoms with Gasteiger partial charge in [0.15, 0.2) is 5.65 Å². The lowest BCUT2D eigenvalue weighted by Gasteiger charge is -2.27. The van der Waals surface area contributed by atoms with E-state index in [1.54, 1.807) is 12.1 Å². The lowest BCUT2D eigenvalue weighted by atomic mass is 9.92. The van der Waals surface area contributed by atoms with E-state index in [0.29, 0.717) is 12.1 Å². The number of benzene rings is 1. The van der Waals surface area contributed by atoms with Crippen LogP contribution in [0.25, 0.3) is 5.65 Å². The number of anilines is 1. The van der Waals surface area contributed by atoms with E-state index >= 15 is 0 Å². The maximum absolute atomic E-state index is 9.42. The molecule has 2 aromatic heterocycles. The van der Waals surface area contributed by atoms with Crippen LogP contribution in [0.4, 0.5) is 5.82 Å². The van der Waals surface area contributed by atoms with Gasteiger partial charge >= 0.3 is 0 Å². The van der Waals surface area contributed by atoms with E-state index in [0.717, 1.165) is 54.8 Å². The van der Waals surface area contributed by atoms with Gasteiger partial charge in [-0.25, -0.2) is 9.50 Å². The summed E-state index contributed by atoms with van der Waals surface area (Å²) < 4.78 is 1.89. The number of aromatic hydroxyl groups is 1. The van der Waals surface area contributed by atoms with Gasteiger partial charge in [0.25, 0.3) is 0 Å². The minimum Gasteiger partial charge on any atom is -0.508 e. The quantitative estimate of drug-likeness (QED) is 0.681. The lowest BCUT2D eigenvalue weighted by Crippen LogP contribution is -2.33. The van der Waals surface area contributed by atoms with Crippen LogP contribution in [-0.2, 0) is 6.42 Å². The third-order valence-electron chi connectivity index (χ3n) is 4.88. The second-order valence-electron chi connectivity index (χ2n) is 6.84. The number of nitrogens with one attached hydrogen (secondary N) is 1. The Morgan fingerprint density at radius 2 is 1.84 bits per heavy atom. The molecule has 3 aromatic rings. The lowest BCUT2D eigenvalue weighted by molar-refractivity contribution is 0.410. The van der Waals surface area contributed by atoms with Crippen LogP contribution in [0.15, 0.2) is 42.6 Å². The number of hydrogen-bond donors (Lipinski definition) is 3. The minimum atomic E-state index is 0.277. The van der Waals surface area contributed by atoms with E-state index < -0.39 is 0 Å². The Kier molecular flexibility index (Phi) is 4.28. The Balaban J connectivity index is 1.54. The van der Waals surface area contributed by atoms with Crippen molar-refractivity contribution in [2.75, 3.05) is 5.32 Å². The van der Waals surface area contributed by atoms with Gasteiger partial charge in [-0.3, -0.25) is 0 Å². The second-order valence-corrected chi connectivity index (χ2v) is 6.84. The van der Waals surface area contributed by atoms with E-state index in [9.17, 15) is 5.11 Å². The molecule has 4 N–H and O–H groups in total. The summed E-state index contributed by atoms with van der Waals surface area (Å²) in [5.41, 5.74) is 8.96. The Morgan fingerprint density at radius 3 is 2.60 bits per heavy atom. The molecule has 6 nitrogen and oxygen atoms in total. The predicted octanol–water partition coefficient (Wildman–Crippen LogP) is 2.71. The molecule has 25 heavy (non-hydrogen) atoms. The fourth-order valence-electron chi connectivity index (χ4n) is 3.41. The van der Waals surface area contributed by atoms with Gasteiger partial charge in [0, 0.05) is 18.5 Å². The van der Waals surface area contributed by atoms with E-state index in [4.69, 9.17) is 10.8 Å². The van der Waals surface area contributed by atoms with Crippen LogP contribution in [0.3, 0.4) is 0 Å². The molecule has 2 heterocycles. The summed E-state index contributed by atoms with van der Waals surface area (Å²) in [5, 5.41) is 17.7. The van der Waals surface area contributed by atoms with Crippen LogP contribution in [-0.4, -0.2) is 31.8 Å². The third-order valence-corrected chi connectivity index (χ3v) is 4.88. The van der Waals surface area contributed by atoms with Crippen LogP contribution in [0.1, 0.15) is 36.9 Å². The highest BCUT2D eigenvalue weighted by atomic mass is 16.3. The zero-order chi connectivity index (χ0) is 17.2. The number of phenols is 1. The highest BCUT2D eigenvalue weighted by Crippen LogP contribution is 2.21. The van der Waals surface area contributed by atoms with Crippen LogP contribution in [0.2, 0.25) is 0 Å². The highest BCUT2D eigenvalue weighted by molar-refractivity contribution is 5.46. The third kappa shape index (κ3) is 3.58. The fraction of sp³-hybridized carbons (Fsp3) is 0.368. The number of rotatable bonds is 4. The van der Waals surface area contributed by atoms with Crippen molar-refractivity contribution in [3.8, 4) is 5.75 Å². The summed E-state index contributed by atoms with van der Waals surface area (Å²) in [6.07, 6.45) is 6.89. The largest absolute Gasteiger partial charge is 0.508 e. The molecule has 1 saturated carbocycles. The predicted molar refractivity (Wildman–Crippen MR) is 97.8 cm³/mol. The molecule has 0 bridgehead atoms. The first-order valence-corrected chi connectivity index (χ1v) is 8.81. The van der Waals surface area contributed by atoms with Crippen LogP contribution < -0.4 is 11.1 Å². The summed E-state index contributed by atoms with van der Waals surface area (Å²) in [7, 11) is 0. The monoisotopic (exact) mass is 337 g/mol. The molecular weight excluding hydrogens is 314 g/mol. The van der Waals surface area contributed by atoms with Gasteiger partial charge in [0.05, 0.1) is 11.9 Å². The molecule has 0 unspecified atom stereocenters. The first kappa shape index (κ1) is 15.9. The summed E-state index contributed by atoms with van der Waals surface area (Å²) in [5.74, 6) is 1.15. The molecular formula is C19H23N5O. The highest BCUT2D eigenvalue weighted by Gasteiger charge is 2.18. The second kappa shape index (κ2) is 6.72. The van der Waals surface area contributed by atoms with E-state index in [-0.39, 0.29) is 5.75 Å². The molecule has 0 saturated heterocycles. The van der Waals surface area contributed by atoms with Gasteiger partial charge in [-0.05, 0) is 55.5 Å². The maximum atomic E-state index is 9.42. The van der Waals surface area contributed by atoms with Crippen molar-refractivity contribution in [1.29, 1.82) is 0 Å². The summed E-state index contributed by atoms with van der Waals surface area (Å²) in [6, 6.07) is 12.0. The van der Waals surface area contributed by atoms with Crippen molar-refractivity contribution < 1.29 is 5.11 Å². The van der Waals surface area contributed by atoms with Crippen molar-refractivity contribution in [3.05, 3.63) is 53.9 Å². The van der Waals surface area contributed by atoms with Crippen molar-refractivity contribution in [2.45, 2.75) is 44.2 Å². The zero-order valence-electron chi connectivity index (χ0n) is 14.1. The molecule has 0 aliphatic heterocycles. The van der Waals surface area contributed by atoms with Gasteiger partial charge in [-0.15, -0.1) is 5.10 Å². The van der Waals surface area contributed by atoms with Crippen LogP contribution in [0, 0.1) is 0 Å². The van der Waals surface area contributed by atoms with Gasteiger partial charge in [0.2, 0.25) is 0 Å². The summed E-state index contributed by atoms with van der Waals surface area (Å²) in [6.45, 7) is 0. The van der Waals surface area contributed by atoms with Crippen molar-refractivity contribution >= 4 is 11.5 Å². The molecule has 0 radical (unpaired) electrons. The van der Waals surface area contributed by atoms with Crippen molar-refractivity contribution in [1.82, 2.24) is 14.6 Å². The molecule has 4 rings (SSSR count). The smallest absolute Gasteiger partial charge is 0.153 e. The summed E-state index contributed by atoms with van der Waals surface area (Å²) >= 11 is 0. The van der Waals surface area contributed by atoms with Gasteiger partial charge in [-0.1, -0.05) is 12.1 Å². The number of nitrogens with zero attached hydrogens (tertiary/aromatic N) is 3. The van der Waals surface area contributed by atoms with Crippen LogP contribution in [0.5, 0.6) is 5.75 Å². The van der Waals surface area contributed by atoms with Crippen molar-refractivity contribution in [3.63, 3.8) is 0 Å². The molecule has 1 fully saturated rings.